The van der Waals surface area contributed by atoms with Crippen LogP contribution in [-0.4, -0.2) is 74.3 Å². The normalized spacial score (nSPS) is 15.8. The fraction of sp³-hybridized carbons (Fsp3) is 0.552. The maximum atomic E-state index is 12.2. The summed E-state index contributed by atoms with van der Waals surface area (Å²) in [6.07, 6.45) is 0.179. The van der Waals surface area contributed by atoms with Crippen LogP contribution in [-0.2, 0) is 24.1 Å². The Kier molecular flexibility index (Phi) is 12.4. The third kappa shape index (κ3) is 10.3. The molecule has 0 spiro atoms. The molecule has 0 aromatic heterocycles. The number of benzene rings is 2. The number of rotatable bonds is 18. The van der Waals surface area contributed by atoms with Crippen LogP contribution in [0.15, 0.2) is 48.5 Å². The molecule has 1 heterocycles. The van der Waals surface area contributed by atoms with Crippen molar-refractivity contribution < 1.29 is 32.9 Å². The standard InChI is InChI=1S/C29H43NO7Si/c1-5-32-18-27(37-28(31)30-16-7-17-38-36-6-2)21-34-25-14-10-23(11-15-25)29(3,4)22-8-12-24(13-9-22)33-19-26-20-35-26/h8-15,26-27H,5-7,16-21,38H2,1-4H3,(H,30,31). The van der Waals surface area contributed by atoms with E-state index in [0.717, 1.165) is 31.4 Å². The Balaban J connectivity index is 1.48. The maximum Gasteiger partial charge on any atom is 0.407 e. The summed E-state index contributed by atoms with van der Waals surface area (Å²) in [5.74, 6) is 1.56. The molecule has 1 fully saturated rings. The van der Waals surface area contributed by atoms with E-state index in [2.05, 4.69) is 43.4 Å². The Morgan fingerprint density at radius 1 is 1.00 bits per heavy atom. The number of hydrogen-bond acceptors (Lipinski definition) is 7. The molecule has 0 radical (unpaired) electrons. The molecule has 1 aliphatic heterocycles. The van der Waals surface area contributed by atoms with Gasteiger partial charge in [0.2, 0.25) is 0 Å². The van der Waals surface area contributed by atoms with Crippen LogP contribution in [0.5, 0.6) is 11.5 Å². The van der Waals surface area contributed by atoms with Gasteiger partial charge in [-0.15, -0.1) is 0 Å². The lowest BCUT2D eigenvalue weighted by molar-refractivity contribution is 0.00168. The Morgan fingerprint density at radius 2 is 1.63 bits per heavy atom. The van der Waals surface area contributed by atoms with Crippen molar-refractivity contribution in [3.8, 4) is 11.5 Å². The summed E-state index contributed by atoms with van der Waals surface area (Å²) < 4.78 is 33.4. The van der Waals surface area contributed by atoms with Crippen LogP contribution in [0.4, 0.5) is 4.79 Å². The zero-order valence-corrected chi connectivity index (χ0v) is 24.6. The zero-order chi connectivity index (χ0) is 27.2. The van der Waals surface area contributed by atoms with Crippen molar-refractivity contribution in [1.29, 1.82) is 0 Å². The van der Waals surface area contributed by atoms with Gasteiger partial charge >= 0.3 is 6.09 Å². The van der Waals surface area contributed by atoms with Gasteiger partial charge in [-0.1, -0.05) is 38.1 Å². The first-order valence-corrected chi connectivity index (χ1v) is 15.2. The minimum atomic E-state index is -0.504. The van der Waals surface area contributed by atoms with Gasteiger partial charge in [-0.25, -0.2) is 4.79 Å². The molecule has 2 unspecified atom stereocenters. The topological polar surface area (TPSA) is 87.8 Å². The number of epoxide rings is 1. The molecule has 0 aliphatic carbocycles. The van der Waals surface area contributed by atoms with Crippen LogP contribution in [0.2, 0.25) is 6.04 Å². The van der Waals surface area contributed by atoms with Crippen LogP contribution < -0.4 is 14.8 Å². The summed E-state index contributed by atoms with van der Waals surface area (Å²) >= 11 is 0. The van der Waals surface area contributed by atoms with Gasteiger partial charge in [0.1, 0.15) is 30.8 Å². The molecule has 9 heteroatoms. The average molecular weight is 546 g/mol. The molecule has 1 saturated heterocycles. The second-order valence-electron chi connectivity index (χ2n) is 9.77. The monoisotopic (exact) mass is 545 g/mol. The Labute approximate surface area is 229 Å². The van der Waals surface area contributed by atoms with Crippen molar-refractivity contribution in [3.05, 3.63) is 59.7 Å². The highest BCUT2D eigenvalue weighted by atomic mass is 28.2. The average Bonchev–Trinajstić information content (AvgIpc) is 3.76. The van der Waals surface area contributed by atoms with E-state index in [-0.39, 0.29) is 24.7 Å². The smallest absolute Gasteiger partial charge is 0.407 e. The van der Waals surface area contributed by atoms with Crippen molar-refractivity contribution in [2.45, 2.75) is 57.8 Å². The lowest BCUT2D eigenvalue weighted by Gasteiger charge is -2.26. The van der Waals surface area contributed by atoms with Gasteiger partial charge < -0.3 is 33.4 Å². The number of ether oxygens (including phenoxy) is 5. The molecular weight excluding hydrogens is 502 g/mol. The summed E-state index contributed by atoms with van der Waals surface area (Å²) in [7, 11) is -0.478. The Morgan fingerprint density at radius 3 is 2.21 bits per heavy atom. The first-order valence-electron chi connectivity index (χ1n) is 13.6. The molecular formula is C29H43NO7Si. The number of carbonyl (C=O) groups excluding carboxylic acids is 1. The van der Waals surface area contributed by atoms with Crippen molar-refractivity contribution in [1.82, 2.24) is 5.32 Å². The first kappa shape index (κ1) is 30.0. The zero-order valence-electron chi connectivity index (χ0n) is 23.2. The van der Waals surface area contributed by atoms with Gasteiger partial charge in [0.05, 0.1) is 13.2 Å². The van der Waals surface area contributed by atoms with E-state index in [9.17, 15) is 4.79 Å². The molecule has 0 bridgehead atoms. The van der Waals surface area contributed by atoms with Crippen molar-refractivity contribution in [2.75, 3.05) is 46.2 Å². The van der Waals surface area contributed by atoms with Gasteiger partial charge in [0, 0.05) is 25.2 Å². The van der Waals surface area contributed by atoms with Gasteiger partial charge in [-0.3, -0.25) is 0 Å². The number of alkyl carbamates (subject to hydrolysis) is 1. The fourth-order valence-corrected chi connectivity index (χ4v) is 4.81. The minimum absolute atomic E-state index is 0.194. The quantitative estimate of drug-likeness (QED) is 0.170. The summed E-state index contributed by atoms with van der Waals surface area (Å²) in [5.41, 5.74) is 2.16. The molecule has 1 N–H and O–H groups in total. The van der Waals surface area contributed by atoms with Crippen LogP contribution in [0, 0.1) is 0 Å². The second-order valence-corrected chi connectivity index (χ2v) is 11.3. The van der Waals surface area contributed by atoms with Gasteiger partial charge in [-0.05, 0) is 61.7 Å². The van der Waals surface area contributed by atoms with Crippen LogP contribution in [0.3, 0.4) is 0 Å². The molecule has 1 amide bonds. The van der Waals surface area contributed by atoms with E-state index in [1.807, 2.05) is 38.1 Å². The molecule has 1 aliphatic rings. The van der Waals surface area contributed by atoms with E-state index in [1.165, 1.54) is 11.1 Å². The summed E-state index contributed by atoms with van der Waals surface area (Å²) in [6, 6.07) is 17.3. The van der Waals surface area contributed by atoms with E-state index in [4.69, 9.17) is 28.1 Å². The Hall–Kier alpha value is -2.59. The van der Waals surface area contributed by atoms with E-state index in [0.29, 0.717) is 25.5 Å². The lowest BCUT2D eigenvalue weighted by Crippen LogP contribution is -2.35. The van der Waals surface area contributed by atoms with Crippen molar-refractivity contribution >= 4 is 15.9 Å². The Bertz CT molecular complexity index is 948. The maximum absolute atomic E-state index is 12.2. The number of hydrogen-bond donors (Lipinski definition) is 1. The number of nitrogens with one attached hydrogen (secondary N) is 1. The number of carbonyl (C=O) groups is 1. The van der Waals surface area contributed by atoms with Crippen molar-refractivity contribution in [3.63, 3.8) is 0 Å². The van der Waals surface area contributed by atoms with Gasteiger partial charge in [0.15, 0.2) is 15.9 Å². The molecule has 8 nitrogen and oxygen atoms in total. The summed E-state index contributed by atoms with van der Waals surface area (Å²) in [6.45, 7) is 12.0. The van der Waals surface area contributed by atoms with Crippen molar-refractivity contribution in [2.24, 2.45) is 0 Å². The SMILES string of the molecule is CCOCC(COc1ccc(C(C)(C)c2ccc(OCC3CO3)cc2)cc1)OC(=O)NCCC[SiH2]OCC. The van der Waals surface area contributed by atoms with Crippen LogP contribution >= 0.6 is 0 Å². The highest BCUT2D eigenvalue weighted by Crippen LogP contribution is 2.33. The van der Waals surface area contributed by atoms with E-state index >= 15 is 0 Å². The van der Waals surface area contributed by atoms with E-state index < -0.39 is 22.0 Å². The summed E-state index contributed by atoms with van der Waals surface area (Å²) in [5, 5.41) is 2.80. The van der Waals surface area contributed by atoms with Gasteiger partial charge in [0.25, 0.3) is 0 Å². The van der Waals surface area contributed by atoms with Crippen LogP contribution in [0.25, 0.3) is 0 Å². The molecule has 3 rings (SSSR count). The molecule has 2 atom stereocenters. The highest BCUT2D eigenvalue weighted by Gasteiger charge is 2.25. The molecule has 38 heavy (non-hydrogen) atoms. The predicted octanol–water partition coefficient (Wildman–Crippen LogP) is 4.23. The molecule has 2 aromatic carbocycles. The third-order valence-corrected chi connectivity index (χ3v) is 7.88. The molecule has 0 saturated carbocycles. The van der Waals surface area contributed by atoms with Gasteiger partial charge in [-0.2, -0.15) is 0 Å². The summed E-state index contributed by atoms with van der Waals surface area (Å²) in [4.78, 5) is 12.2. The predicted molar refractivity (Wildman–Crippen MR) is 150 cm³/mol. The van der Waals surface area contributed by atoms with Crippen LogP contribution in [0.1, 0.15) is 45.2 Å². The second kappa shape index (κ2) is 15.7. The largest absolute Gasteiger partial charge is 0.491 e. The fourth-order valence-electron chi connectivity index (χ4n) is 3.87. The first-order chi connectivity index (χ1) is 18.4. The third-order valence-electron chi connectivity index (χ3n) is 6.40. The molecule has 2 aromatic rings. The lowest BCUT2D eigenvalue weighted by atomic mass is 9.78. The highest BCUT2D eigenvalue weighted by molar-refractivity contribution is 6.26. The minimum Gasteiger partial charge on any atom is -0.491 e. The molecule has 210 valence electrons. The number of amides is 1. The van der Waals surface area contributed by atoms with E-state index in [1.54, 1.807) is 0 Å².